The van der Waals surface area contributed by atoms with E-state index in [4.69, 9.17) is 4.74 Å². The molecular weight excluding hydrogens is 306 g/mol. The molecule has 3 aromatic rings. The smallest absolute Gasteiger partial charge is 0.208 e. The molecule has 2 aromatic carbocycles. The monoisotopic (exact) mass is 325 g/mol. The van der Waals surface area contributed by atoms with E-state index in [1.165, 1.54) is 11.1 Å². The van der Waals surface area contributed by atoms with E-state index in [0.29, 0.717) is 6.61 Å². The Morgan fingerprint density at radius 3 is 2.61 bits per heavy atom. The second kappa shape index (κ2) is 7.33. The average molecular weight is 325 g/mol. The molecular formula is C18H19N3OS. The summed E-state index contributed by atoms with van der Waals surface area (Å²) in [6.07, 6.45) is 0. The van der Waals surface area contributed by atoms with Crippen molar-refractivity contribution in [2.75, 3.05) is 0 Å². The molecule has 0 atom stereocenters. The van der Waals surface area contributed by atoms with Crippen molar-refractivity contribution >= 4 is 11.8 Å². The Balaban J connectivity index is 1.53. The molecule has 118 valence electrons. The van der Waals surface area contributed by atoms with Gasteiger partial charge in [0, 0.05) is 5.75 Å². The van der Waals surface area contributed by atoms with Gasteiger partial charge in [0.25, 0.3) is 0 Å². The number of hydrogen-bond donors (Lipinski definition) is 1. The van der Waals surface area contributed by atoms with E-state index in [2.05, 4.69) is 46.4 Å². The normalized spacial score (nSPS) is 10.7. The first-order valence-corrected chi connectivity index (χ1v) is 8.47. The van der Waals surface area contributed by atoms with Crippen LogP contribution < -0.4 is 4.74 Å². The van der Waals surface area contributed by atoms with Gasteiger partial charge in [-0.25, -0.2) is 4.98 Å². The minimum atomic E-state index is 0.392. The Morgan fingerprint density at radius 2 is 1.83 bits per heavy atom. The van der Waals surface area contributed by atoms with Gasteiger partial charge in [0.05, 0.1) is 0 Å². The van der Waals surface area contributed by atoms with Crippen LogP contribution in [0.1, 0.15) is 22.5 Å². The number of thioether (sulfide) groups is 1. The van der Waals surface area contributed by atoms with Crippen LogP contribution in [0.4, 0.5) is 0 Å². The van der Waals surface area contributed by atoms with Crippen molar-refractivity contribution in [3.63, 3.8) is 0 Å². The largest absolute Gasteiger partial charge is 0.485 e. The number of rotatable bonds is 6. The van der Waals surface area contributed by atoms with E-state index in [9.17, 15) is 0 Å². The van der Waals surface area contributed by atoms with Crippen LogP contribution in [-0.4, -0.2) is 15.2 Å². The fourth-order valence-electron chi connectivity index (χ4n) is 2.10. The number of aryl methyl sites for hydroxylation is 2. The van der Waals surface area contributed by atoms with Crippen LogP contribution in [0.2, 0.25) is 0 Å². The standard InChI is InChI=1S/C18H19N3OS/c1-13-7-9-15(10-8-13)12-23-18-19-17(20-21-18)11-22-16-6-4-3-5-14(16)2/h3-10H,11-12H2,1-2H3,(H,19,20,21). The number of nitrogens with zero attached hydrogens (tertiary/aromatic N) is 2. The van der Waals surface area contributed by atoms with Gasteiger partial charge in [0.1, 0.15) is 12.4 Å². The van der Waals surface area contributed by atoms with Gasteiger partial charge in [-0.3, -0.25) is 5.10 Å². The van der Waals surface area contributed by atoms with Gasteiger partial charge < -0.3 is 4.74 Å². The van der Waals surface area contributed by atoms with E-state index in [1.54, 1.807) is 11.8 Å². The Labute approximate surface area is 140 Å². The van der Waals surface area contributed by atoms with Crippen molar-refractivity contribution in [3.8, 4) is 5.75 Å². The van der Waals surface area contributed by atoms with Crippen molar-refractivity contribution in [2.24, 2.45) is 0 Å². The molecule has 1 aromatic heterocycles. The third-order valence-corrected chi connectivity index (χ3v) is 4.38. The van der Waals surface area contributed by atoms with Crippen molar-refractivity contribution in [1.82, 2.24) is 15.2 Å². The van der Waals surface area contributed by atoms with Gasteiger partial charge >= 0.3 is 0 Å². The summed E-state index contributed by atoms with van der Waals surface area (Å²) in [6, 6.07) is 16.5. The SMILES string of the molecule is Cc1ccc(CSc2n[nH]c(COc3ccccc3C)n2)cc1. The van der Waals surface area contributed by atoms with Crippen molar-refractivity contribution < 1.29 is 4.74 Å². The number of benzene rings is 2. The van der Waals surface area contributed by atoms with Crippen LogP contribution >= 0.6 is 11.8 Å². The van der Waals surface area contributed by atoms with E-state index in [1.807, 2.05) is 31.2 Å². The second-order valence-electron chi connectivity index (χ2n) is 5.39. The summed E-state index contributed by atoms with van der Waals surface area (Å²) in [7, 11) is 0. The lowest BCUT2D eigenvalue weighted by Crippen LogP contribution is -1.98. The highest BCUT2D eigenvalue weighted by Crippen LogP contribution is 2.20. The maximum absolute atomic E-state index is 5.77. The van der Waals surface area contributed by atoms with Crippen LogP contribution in [0.25, 0.3) is 0 Å². The molecule has 23 heavy (non-hydrogen) atoms. The van der Waals surface area contributed by atoms with Gasteiger partial charge in [0.15, 0.2) is 5.82 Å². The van der Waals surface area contributed by atoms with E-state index < -0.39 is 0 Å². The highest BCUT2D eigenvalue weighted by Gasteiger charge is 2.06. The molecule has 0 aliphatic rings. The molecule has 0 bridgehead atoms. The van der Waals surface area contributed by atoms with Crippen molar-refractivity contribution in [2.45, 2.75) is 31.4 Å². The molecule has 0 radical (unpaired) electrons. The highest BCUT2D eigenvalue weighted by molar-refractivity contribution is 7.98. The van der Waals surface area contributed by atoms with Crippen LogP contribution in [0.5, 0.6) is 5.75 Å². The number of nitrogens with one attached hydrogen (secondary N) is 1. The van der Waals surface area contributed by atoms with Crippen molar-refractivity contribution in [1.29, 1.82) is 0 Å². The lowest BCUT2D eigenvalue weighted by Gasteiger charge is -2.06. The number of hydrogen-bond acceptors (Lipinski definition) is 4. The van der Waals surface area contributed by atoms with Gasteiger partial charge in [-0.05, 0) is 31.0 Å². The molecule has 4 nitrogen and oxygen atoms in total. The van der Waals surface area contributed by atoms with E-state index >= 15 is 0 Å². The summed E-state index contributed by atoms with van der Waals surface area (Å²) in [6.45, 7) is 4.51. The number of ether oxygens (including phenoxy) is 1. The van der Waals surface area contributed by atoms with Crippen LogP contribution in [0.3, 0.4) is 0 Å². The molecule has 0 saturated carbocycles. The predicted molar refractivity (Wildman–Crippen MR) is 92.6 cm³/mol. The molecule has 0 amide bonds. The van der Waals surface area contributed by atoms with E-state index in [-0.39, 0.29) is 0 Å². The second-order valence-corrected chi connectivity index (χ2v) is 6.34. The molecule has 0 saturated heterocycles. The van der Waals surface area contributed by atoms with Crippen LogP contribution in [0, 0.1) is 13.8 Å². The molecule has 1 N–H and O–H groups in total. The first kappa shape index (κ1) is 15.6. The maximum Gasteiger partial charge on any atom is 0.208 e. The van der Waals surface area contributed by atoms with Crippen LogP contribution in [0.15, 0.2) is 53.7 Å². The van der Waals surface area contributed by atoms with Gasteiger partial charge in [-0.1, -0.05) is 59.8 Å². The molecule has 0 fully saturated rings. The lowest BCUT2D eigenvalue weighted by molar-refractivity contribution is 0.294. The van der Waals surface area contributed by atoms with Crippen molar-refractivity contribution in [3.05, 3.63) is 71.0 Å². The van der Waals surface area contributed by atoms with Gasteiger partial charge in [-0.15, -0.1) is 5.10 Å². The lowest BCUT2D eigenvalue weighted by atomic mass is 10.2. The molecule has 0 aliphatic carbocycles. The fraction of sp³-hybridized carbons (Fsp3) is 0.222. The molecule has 1 heterocycles. The Kier molecular flexibility index (Phi) is 4.98. The molecule has 0 spiro atoms. The molecule has 0 aliphatic heterocycles. The number of H-pyrrole nitrogens is 1. The quantitative estimate of drug-likeness (QED) is 0.687. The summed E-state index contributed by atoms with van der Waals surface area (Å²) in [4.78, 5) is 4.46. The topological polar surface area (TPSA) is 50.8 Å². The third-order valence-electron chi connectivity index (χ3n) is 3.46. The summed E-state index contributed by atoms with van der Waals surface area (Å²) < 4.78 is 5.77. The van der Waals surface area contributed by atoms with E-state index in [0.717, 1.165) is 28.0 Å². The Hall–Kier alpha value is -2.27. The summed E-state index contributed by atoms with van der Waals surface area (Å²) in [5.74, 6) is 2.47. The summed E-state index contributed by atoms with van der Waals surface area (Å²) in [5, 5.41) is 7.91. The predicted octanol–water partition coefficient (Wildman–Crippen LogP) is 4.29. The van der Waals surface area contributed by atoms with Gasteiger partial charge in [0.2, 0.25) is 5.16 Å². The number of aromatic nitrogens is 3. The first-order valence-electron chi connectivity index (χ1n) is 7.49. The third kappa shape index (κ3) is 4.36. The Bertz CT molecular complexity index is 768. The minimum Gasteiger partial charge on any atom is -0.485 e. The highest BCUT2D eigenvalue weighted by atomic mass is 32.2. The fourth-order valence-corrected chi connectivity index (χ4v) is 2.88. The minimum absolute atomic E-state index is 0.392. The molecule has 5 heteroatoms. The zero-order chi connectivity index (χ0) is 16.1. The Morgan fingerprint density at radius 1 is 1.04 bits per heavy atom. The first-order chi connectivity index (χ1) is 11.2. The zero-order valence-electron chi connectivity index (χ0n) is 13.2. The number of aromatic amines is 1. The summed E-state index contributed by atoms with van der Waals surface area (Å²) in [5.41, 5.74) is 3.65. The summed E-state index contributed by atoms with van der Waals surface area (Å²) >= 11 is 1.62. The maximum atomic E-state index is 5.77. The number of para-hydroxylation sites is 1. The van der Waals surface area contributed by atoms with Crippen LogP contribution in [-0.2, 0) is 12.4 Å². The molecule has 0 unspecified atom stereocenters. The molecule has 3 rings (SSSR count). The zero-order valence-corrected chi connectivity index (χ0v) is 14.1. The average Bonchev–Trinajstić information content (AvgIpc) is 3.02. The van der Waals surface area contributed by atoms with Gasteiger partial charge in [-0.2, -0.15) is 0 Å².